The molecule has 0 radical (unpaired) electrons. The zero-order valence-corrected chi connectivity index (χ0v) is 12.3. The first-order valence-corrected chi connectivity index (χ1v) is 6.94. The average molecular weight is 278 g/mol. The number of alkyl carbamates (subject to hydrolysis) is 1. The number of amides is 1. The van der Waals surface area contributed by atoms with Gasteiger partial charge in [0.15, 0.2) is 0 Å². The molecule has 0 unspecified atom stereocenters. The van der Waals surface area contributed by atoms with Crippen LogP contribution in [0.4, 0.5) is 10.6 Å². The summed E-state index contributed by atoms with van der Waals surface area (Å²) in [6.45, 7) is 7.25. The van der Waals surface area contributed by atoms with Gasteiger partial charge < -0.3 is 15.0 Å². The molecule has 1 amide bonds. The van der Waals surface area contributed by atoms with E-state index in [4.69, 9.17) is 4.74 Å². The molecule has 20 heavy (non-hydrogen) atoms. The van der Waals surface area contributed by atoms with Gasteiger partial charge in [-0.2, -0.15) is 0 Å². The lowest BCUT2D eigenvalue weighted by Crippen LogP contribution is -2.49. The smallest absolute Gasteiger partial charge is 0.407 e. The molecule has 1 aromatic rings. The Morgan fingerprint density at radius 3 is 2.90 bits per heavy atom. The van der Waals surface area contributed by atoms with Crippen molar-refractivity contribution in [2.45, 2.75) is 45.3 Å². The summed E-state index contributed by atoms with van der Waals surface area (Å²) in [6, 6.07) is 0.0839. The summed E-state index contributed by atoms with van der Waals surface area (Å²) in [5, 5.41) is 2.92. The normalized spacial score (nSPS) is 19.6. The molecular formula is C14H22N4O2. The van der Waals surface area contributed by atoms with Gasteiger partial charge in [-0.05, 0) is 33.6 Å². The minimum atomic E-state index is -0.469. The Balaban J connectivity index is 1.89. The van der Waals surface area contributed by atoms with E-state index in [1.165, 1.54) is 0 Å². The van der Waals surface area contributed by atoms with Gasteiger partial charge in [-0.15, -0.1) is 0 Å². The fourth-order valence-electron chi connectivity index (χ4n) is 2.23. The molecule has 1 N–H and O–H groups in total. The van der Waals surface area contributed by atoms with Crippen molar-refractivity contribution >= 4 is 11.9 Å². The Morgan fingerprint density at radius 1 is 1.45 bits per heavy atom. The van der Waals surface area contributed by atoms with Gasteiger partial charge in [-0.1, -0.05) is 0 Å². The Kier molecular flexibility index (Phi) is 4.42. The summed E-state index contributed by atoms with van der Waals surface area (Å²) in [5.74, 6) is 0.850. The third kappa shape index (κ3) is 4.36. The van der Waals surface area contributed by atoms with E-state index < -0.39 is 5.60 Å². The Bertz CT molecular complexity index is 444. The lowest BCUT2D eigenvalue weighted by Gasteiger charge is -2.34. The van der Waals surface area contributed by atoms with Crippen molar-refractivity contribution < 1.29 is 9.53 Å². The first-order chi connectivity index (χ1) is 9.44. The highest BCUT2D eigenvalue weighted by Gasteiger charge is 2.24. The van der Waals surface area contributed by atoms with E-state index in [0.29, 0.717) is 0 Å². The zero-order chi connectivity index (χ0) is 14.6. The number of rotatable bonds is 2. The van der Waals surface area contributed by atoms with Crippen LogP contribution < -0.4 is 10.2 Å². The third-order valence-electron chi connectivity index (χ3n) is 3.02. The van der Waals surface area contributed by atoms with Gasteiger partial charge >= 0.3 is 6.09 Å². The van der Waals surface area contributed by atoms with Crippen LogP contribution >= 0.6 is 0 Å². The molecule has 1 saturated heterocycles. The number of nitrogens with zero attached hydrogens (tertiary/aromatic N) is 3. The molecular weight excluding hydrogens is 256 g/mol. The summed E-state index contributed by atoms with van der Waals surface area (Å²) < 4.78 is 5.28. The number of nitrogens with one attached hydrogen (secondary N) is 1. The molecule has 0 bridgehead atoms. The van der Waals surface area contributed by atoms with Crippen LogP contribution in [-0.4, -0.2) is 40.8 Å². The van der Waals surface area contributed by atoms with Crippen LogP contribution in [0.15, 0.2) is 18.6 Å². The molecule has 0 spiro atoms. The molecule has 6 nitrogen and oxygen atoms in total. The molecule has 110 valence electrons. The molecule has 0 saturated carbocycles. The van der Waals surface area contributed by atoms with Gasteiger partial charge in [0.2, 0.25) is 0 Å². The molecule has 0 aliphatic carbocycles. The van der Waals surface area contributed by atoms with E-state index in [1.54, 1.807) is 18.6 Å². The molecule has 2 heterocycles. The summed E-state index contributed by atoms with van der Waals surface area (Å²) in [7, 11) is 0. The molecule has 2 rings (SSSR count). The van der Waals surface area contributed by atoms with Crippen molar-refractivity contribution in [3.63, 3.8) is 0 Å². The van der Waals surface area contributed by atoms with E-state index in [-0.39, 0.29) is 12.1 Å². The first-order valence-electron chi connectivity index (χ1n) is 6.94. The van der Waals surface area contributed by atoms with Crippen LogP contribution in [0.2, 0.25) is 0 Å². The largest absolute Gasteiger partial charge is 0.444 e. The SMILES string of the molecule is CC(C)(C)OC(=O)N[C@H]1CCCN(c2cnccn2)C1. The quantitative estimate of drug-likeness (QED) is 0.896. The maximum absolute atomic E-state index is 11.8. The van der Waals surface area contributed by atoms with Crippen LogP contribution in [0.25, 0.3) is 0 Å². The highest BCUT2D eigenvalue weighted by molar-refractivity contribution is 5.68. The van der Waals surface area contributed by atoms with Crippen LogP contribution in [-0.2, 0) is 4.74 Å². The Labute approximate surface area is 119 Å². The van der Waals surface area contributed by atoms with E-state index >= 15 is 0 Å². The lowest BCUT2D eigenvalue weighted by molar-refractivity contribution is 0.0500. The van der Waals surface area contributed by atoms with Gasteiger partial charge in [-0.25, -0.2) is 9.78 Å². The van der Waals surface area contributed by atoms with Crippen molar-refractivity contribution in [1.82, 2.24) is 15.3 Å². The standard InChI is InChI=1S/C14H22N4O2/c1-14(2,3)20-13(19)17-11-5-4-8-18(10-11)12-9-15-6-7-16-12/h6-7,9,11H,4-5,8,10H2,1-3H3,(H,17,19)/t11-/m0/s1. The van der Waals surface area contributed by atoms with Crippen LogP contribution in [0, 0.1) is 0 Å². The monoisotopic (exact) mass is 278 g/mol. The minimum absolute atomic E-state index is 0.0839. The van der Waals surface area contributed by atoms with E-state index in [0.717, 1.165) is 31.7 Å². The van der Waals surface area contributed by atoms with Crippen molar-refractivity contribution in [3.8, 4) is 0 Å². The highest BCUT2D eigenvalue weighted by Crippen LogP contribution is 2.17. The Hall–Kier alpha value is -1.85. The molecule has 1 fully saturated rings. The maximum atomic E-state index is 11.8. The number of piperidine rings is 1. The summed E-state index contributed by atoms with van der Waals surface area (Å²) in [6.07, 6.45) is 6.69. The highest BCUT2D eigenvalue weighted by atomic mass is 16.6. The van der Waals surface area contributed by atoms with Gasteiger partial charge in [-0.3, -0.25) is 4.98 Å². The number of carbonyl (C=O) groups is 1. The van der Waals surface area contributed by atoms with E-state index in [2.05, 4.69) is 20.2 Å². The fourth-order valence-corrected chi connectivity index (χ4v) is 2.23. The van der Waals surface area contributed by atoms with Gasteiger partial charge in [0.05, 0.1) is 6.20 Å². The number of carbonyl (C=O) groups excluding carboxylic acids is 1. The summed E-state index contributed by atoms with van der Waals surface area (Å²) in [4.78, 5) is 22.3. The number of ether oxygens (including phenoxy) is 1. The number of aromatic nitrogens is 2. The predicted octanol–water partition coefficient (Wildman–Crippen LogP) is 1.97. The fraction of sp³-hybridized carbons (Fsp3) is 0.643. The van der Waals surface area contributed by atoms with Gasteiger partial charge in [0.25, 0.3) is 0 Å². The molecule has 1 atom stereocenters. The topological polar surface area (TPSA) is 67.3 Å². The van der Waals surface area contributed by atoms with E-state index in [9.17, 15) is 4.79 Å². The minimum Gasteiger partial charge on any atom is -0.444 e. The third-order valence-corrected chi connectivity index (χ3v) is 3.02. The average Bonchev–Trinajstić information content (AvgIpc) is 2.38. The maximum Gasteiger partial charge on any atom is 0.407 e. The Morgan fingerprint density at radius 2 is 2.25 bits per heavy atom. The second kappa shape index (κ2) is 6.07. The van der Waals surface area contributed by atoms with Crippen molar-refractivity contribution in [2.24, 2.45) is 0 Å². The number of anilines is 1. The van der Waals surface area contributed by atoms with Gasteiger partial charge in [0, 0.05) is 31.5 Å². The molecule has 1 aliphatic heterocycles. The molecule has 1 aromatic heterocycles. The van der Waals surface area contributed by atoms with Gasteiger partial charge in [0.1, 0.15) is 11.4 Å². The van der Waals surface area contributed by atoms with Crippen molar-refractivity contribution in [2.75, 3.05) is 18.0 Å². The van der Waals surface area contributed by atoms with Crippen molar-refractivity contribution in [1.29, 1.82) is 0 Å². The van der Waals surface area contributed by atoms with Crippen LogP contribution in [0.3, 0.4) is 0 Å². The zero-order valence-electron chi connectivity index (χ0n) is 12.3. The summed E-state index contributed by atoms with van der Waals surface area (Å²) >= 11 is 0. The first kappa shape index (κ1) is 14.6. The summed E-state index contributed by atoms with van der Waals surface area (Å²) in [5.41, 5.74) is -0.469. The molecule has 6 heteroatoms. The predicted molar refractivity (Wildman–Crippen MR) is 76.6 cm³/mol. The lowest BCUT2D eigenvalue weighted by atomic mass is 10.1. The van der Waals surface area contributed by atoms with E-state index in [1.807, 2.05) is 20.8 Å². The second-order valence-electron chi connectivity index (χ2n) is 6.00. The van der Waals surface area contributed by atoms with Crippen molar-refractivity contribution in [3.05, 3.63) is 18.6 Å². The van der Waals surface area contributed by atoms with Crippen LogP contribution in [0.1, 0.15) is 33.6 Å². The second-order valence-corrected chi connectivity index (χ2v) is 6.00. The number of hydrogen-bond acceptors (Lipinski definition) is 5. The molecule has 0 aromatic carbocycles. The number of hydrogen-bond donors (Lipinski definition) is 1. The molecule has 1 aliphatic rings. The van der Waals surface area contributed by atoms with Crippen LogP contribution in [0.5, 0.6) is 0 Å².